The smallest absolute Gasteiger partial charge is 0.274 e. The zero-order chi connectivity index (χ0) is 21.2. The molecule has 1 aromatic heterocycles. The fraction of sp³-hybridized carbons (Fsp3) is 0.360. The molecule has 1 saturated heterocycles. The second-order valence-corrected chi connectivity index (χ2v) is 8.40. The van der Waals surface area contributed by atoms with Gasteiger partial charge in [-0.15, -0.1) is 0 Å². The number of aromatic nitrogens is 2. The van der Waals surface area contributed by atoms with Crippen molar-refractivity contribution < 1.29 is 4.79 Å². The van der Waals surface area contributed by atoms with Gasteiger partial charge in [0, 0.05) is 43.5 Å². The SMILES string of the molecule is CCN1CCN(c2ccc(NC(=O)c3cc(C4CC4)nn3-c3ccccc3)cc2)CC1. The van der Waals surface area contributed by atoms with Crippen molar-refractivity contribution in [3.63, 3.8) is 0 Å². The number of carbonyl (C=O) groups excluding carboxylic acids is 1. The van der Waals surface area contributed by atoms with Crippen LogP contribution in [-0.4, -0.2) is 53.3 Å². The molecule has 1 aliphatic carbocycles. The van der Waals surface area contributed by atoms with Gasteiger partial charge in [0.05, 0.1) is 11.4 Å². The minimum atomic E-state index is -0.132. The largest absolute Gasteiger partial charge is 0.369 e. The van der Waals surface area contributed by atoms with E-state index in [-0.39, 0.29) is 5.91 Å². The maximum absolute atomic E-state index is 13.1. The van der Waals surface area contributed by atoms with E-state index in [0.717, 1.165) is 62.6 Å². The molecule has 1 N–H and O–H groups in total. The highest BCUT2D eigenvalue weighted by Crippen LogP contribution is 2.39. The lowest BCUT2D eigenvalue weighted by Crippen LogP contribution is -2.46. The van der Waals surface area contributed by atoms with Crippen LogP contribution in [0.3, 0.4) is 0 Å². The summed E-state index contributed by atoms with van der Waals surface area (Å²) in [5.41, 5.74) is 4.50. The third kappa shape index (κ3) is 4.35. The molecule has 2 fully saturated rings. The van der Waals surface area contributed by atoms with Crippen LogP contribution in [0.4, 0.5) is 11.4 Å². The summed E-state index contributed by atoms with van der Waals surface area (Å²) < 4.78 is 1.77. The van der Waals surface area contributed by atoms with E-state index in [1.165, 1.54) is 5.69 Å². The van der Waals surface area contributed by atoms with Crippen molar-refractivity contribution in [3.8, 4) is 5.69 Å². The van der Waals surface area contributed by atoms with Gasteiger partial charge in [0.15, 0.2) is 0 Å². The number of benzene rings is 2. The number of hydrogen-bond acceptors (Lipinski definition) is 4. The lowest BCUT2D eigenvalue weighted by atomic mass is 10.2. The molecule has 2 heterocycles. The maximum Gasteiger partial charge on any atom is 0.274 e. The van der Waals surface area contributed by atoms with Crippen molar-refractivity contribution in [1.29, 1.82) is 0 Å². The first kappa shape index (κ1) is 19.8. The van der Waals surface area contributed by atoms with Crippen LogP contribution < -0.4 is 10.2 Å². The Balaban J connectivity index is 1.31. The molecule has 3 aromatic rings. The van der Waals surface area contributed by atoms with Crippen LogP contribution in [0.1, 0.15) is 41.9 Å². The molecule has 2 aromatic carbocycles. The number of amides is 1. The highest BCUT2D eigenvalue weighted by molar-refractivity contribution is 6.03. The van der Waals surface area contributed by atoms with Gasteiger partial charge in [-0.3, -0.25) is 4.79 Å². The van der Waals surface area contributed by atoms with Crippen molar-refractivity contribution >= 4 is 17.3 Å². The molecular weight excluding hydrogens is 386 g/mol. The summed E-state index contributed by atoms with van der Waals surface area (Å²) in [5.74, 6) is 0.358. The Kier molecular flexibility index (Phi) is 5.47. The van der Waals surface area contributed by atoms with Gasteiger partial charge in [0.1, 0.15) is 5.69 Å². The first-order valence-corrected chi connectivity index (χ1v) is 11.3. The summed E-state index contributed by atoms with van der Waals surface area (Å²) >= 11 is 0. The average Bonchev–Trinajstić information content (AvgIpc) is 3.58. The maximum atomic E-state index is 13.1. The van der Waals surface area contributed by atoms with E-state index >= 15 is 0 Å². The average molecular weight is 416 g/mol. The van der Waals surface area contributed by atoms with Gasteiger partial charge < -0.3 is 15.1 Å². The summed E-state index contributed by atoms with van der Waals surface area (Å²) in [6, 6.07) is 20.0. The molecular formula is C25H29N5O. The van der Waals surface area contributed by atoms with Crippen LogP contribution in [0.5, 0.6) is 0 Å². The fourth-order valence-corrected chi connectivity index (χ4v) is 4.18. The third-order valence-electron chi connectivity index (χ3n) is 6.27. The fourth-order valence-electron chi connectivity index (χ4n) is 4.18. The van der Waals surface area contributed by atoms with E-state index in [1.807, 2.05) is 48.5 Å². The zero-order valence-corrected chi connectivity index (χ0v) is 18.0. The second kappa shape index (κ2) is 8.55. The number of likely N-dealkylation sites (N-methyl/N-ethyl adjacent to an activating group) is 1. The summed E-state index contributed by atoms with van der Waals surface area (Å²) in [6.07, 6.45) is 2.31. The number of para-hydroxylation sites is 1. The number of piperazine rings is 1. The first-order chi connectivity index (χ1) is 15.2. The van der Waals surface area contributed by atoms with Crippen molar-refractivity contribution in [2.45, 2.75) is 25.7 Å². The quantitative estimate of drug-likeness (QED) is 0.657. The minimum Gasteiger partial charge on any atom is -0.369 e. The predicted octanol–water partition coefficient (Wildman–Crippen LogP) is 4.14. The second-order valence-electron chi connectivity index (χ2n) is 8.40. The lowest BCUT2D eigenvalue weighted by Gasteiger charge is -2.35. The van der Waals surface area contributed by atoms with Crippen LogP contribution in [0.15, 0.2) is 60.7 Å². The van der Waals surface area contributed by atoms with E-state index in [0.29, 0.717) is 11.6 Å². The van der Waals surface area contributed by atoms with Crippen LogP contribution in [-0.2, 0) is 0 Å². The predicted molar refractivity (Wildman–Crippen MR) is 124 cm³/mol. The number of nitrogens with one attached hydrogen (secondary N) is 1. The highest BCUT2D eigenvalue weighted by atomic mass is 16.2. The number of carbonyl (C=O) groups is 1. The topological polar surface area (TPSA) is 53.4 Å². The van der Waals surface area contributed by atoms with Crippen LogP contribution in [0.2, 0.25) is 0 Å². The molecule has 6 heteroatoms. The van der Waals surface area contributed by atoms with Crippen molar-refractivity contribution in [2.24, 2.45) is 0 Å². The molecule has 1 amide bonds. The molecule has 1 saturated carbocycles. The number of nitrogens with zero attached hydrogens (tertiary/aromatic N) is 4. The third-order valence-corrected chi connectivity index (χ3v) is 6.27. The van der Waals surface area contributed by atoms with Crippen LogP contribution in [0, 0.1) is 0 Å². The van der Waals surface area contributed by atoms with Gasteiger partial charge in [0.2, 0.25) is 0 Å². The molecule has 5 rings (SSSR count). The van der Waals surface area contributed by atoms with E-state index in [2.05, 4.69) is 34.2 Å². The van der Waals surface area contributed by atoms with E-state index in [1.54, 1.807) is 4.68 Å². The van der Waals surface area contributed by atoms with Gasteiger partial charge in [-0.2, -0.15) is 5.10 Å². The summed E-state index contributed by atoms with van der Waals surface area (Å²) in [6.45, 7) is 7.61. The normalized spacial score (nSPS) is 17.0. The molecule has 0 spiro atoms. The number of anilines is 2. The molecule has 160 valence electrons. The minimum absolute atomic E-state index is 0.132. The van der Waals surface area contributed by atoms with Gasteiger partial charge >= 0.3 is 0 Å². The lowest BCUT2D eigenvalue weighted by molar-refractivity contribution is 0.101. The van der Waals surface area contributed by atoms with Gasteiger partial charge in [-0.25, -0.2) is 4.68 Å². The Hall–Kier alpha value is -3.12. The van der Waals surface area contributed by atoms with Gasteiger partial charge in [-0.05, 0) is 61.9 Å². The Morgan fingerprint density at radius 1 is 0.968 bits per heavy atom. The molecule has 31 heavy (non-hydrogen) atoms. The molecule has 2 aliphatic rings. The molecule has 6 nitrogen and oxygen atoms in total. The molecule has 0 radical (unpaired) electrons. The molecule has 0 bridgehead atoms. The molecule has 1 aliphatic heterocycles. The first-order valence-electron chi connectivity index (χ1n) is 11.3. The van der Waals surface area contributed by atoms with Crippen molar-refractivity contribution in [1.82, 2.24) is 14.7 Å². The Labute approximate surface area is 183 Å². The summed E-state index contributed by atoms with van der Waals surface area (Å²) in [4.78, 5) is 18.0. The molecule has 0 atom stereocenters. The van der Waals surface area contributed by atoms with E-state index < -0.39 is 0 Å². The van der Waals surface area contributed by atoms with Gasteiger partial charge in [-0.1, -0.05) is 25.1 Å². The summed E-state index contributed by atoms with van der Waals surface area (Å²) in [5, 5.41) is 7.80. The standard InChI is InChI=1S/C25H29N5O/c1-2-28-14-16-29(17-15-28)21-12-10-20(11-13-21)26-25(31)24-18-23(19-8-9-19)27-30(24)22-6-4-3-5-7-22/h3-7,10-13,18-19H,2,8-9,14-17H2,1H3,(H,26,31). The van der Waals surface area contributed by atoms with Crippen molar-refractivity contribution in [2.75, 3.05) is 42.9 Å². The van der Waals surface area contributed by atoms with Crippen molar-refractivity contribution in [3.05, 3.63) is 72.1 Å². The van der Waals surface area contributed by atoms with Crippen LogP contribution >= 0.6 is 0 Å². The van der Waals surface area contributed by atoms with E-state index in [9.17, 15) is 4.79 Å². The Bertz CT molecular complexity index is 1030. The number of rotatable bonds is 6. The summed E-state index contributed by atoms with van der Waals surface area (Å²) in [7, 11) is 0. The molecule has 0 unspecified atom stereocenters. The van der Waals surface area contributed by atoms with E-state index in [4.69, 9.17) is 5.10 Å². The Morgan fingerprint density at radius 3 is 2.32 bits per heavy atom. The van der Waals surface area contributed by atoms with Gasteiger partial charge in [0.25, 0.3) is 5.91 Å². The monoisotopic (exact) mass is 415 g/mol. The Morgan fingerprint density at radius 2 is 1.68 bits per heavy atom. The highest BCUT2D eigenvalue weighted by Gasteiger charge is 2.29. The van der Waals surface area contributed by atoms with Crippen LogP contribution in [0.25, 0.3) is 5.69 Å². The zero-order valence-electron chi connectivity index (χ0n) is 18.0. The number of hydrogen-bond donors (Lipinski definition) is 1.